The van der Waals surface area contributed by atoms with Crippen molar-refractivity contribution in [2.24, 2.45) is 0 Å². The van der Waals surface area contributed by atoms with Crippen molar-refractivity contribution in [3.8, 4) is 11.3 Å². The molecular formula is C23H15BrClN3O3. The normalized spacial score (nSPS) is 10.8. The lowest BCUT2D eigenvalue weighted by atomic mass is 10.0. The SMILES string of the molecule is Cc1cc(Br)cc2c(C(=O)Nc3ccc([N+](=O)[O-])cc3)cc(-c3ccc(Cl)cc3)nc12. The van der Waals surface area contributed by atoms with Crippen molar-refractivity contribution in [1.29, 1.82) is 0 Å². The van der Waals surface area contributed by atoms with Gasteiger partial charge in [0.2, 0.25) is 0 Å². The Hall–Kier alpha value is -3.29. The first-order valence-electron chi connectivity index (χ1n) is 9.24. The highest BCUT2D eigenvalue weighted by Crippen LogP contribution is 2.30. The van der Waals surface area contributed by atoms with Gasteiger partial charge in [0.05, 0.1) is 21.7 Å². The molecule has 154 valence electrons. The number of carbonyl (C=O) groups excluding carboxylic acids is 1. The molecule has 0 saturated heterocycles. The highest BCUT2D eigenvalue weighted by atomic mass is 79.9. The zero-order chi connectivity index (χ0) is 22.1. The summed E-state index contributed by atoms with van der Waals surface area (Å²) >= 11 is 9.50. The van der Waals surface area contributed by atoms with Gasteiger partial charge in [-0.3, -0.25) is 14.9 Å². The van der Waals surface area contributed by atoms with Crippen molar-refractivity contribution in [3.63, 3.8) is 0 Å². The summed E-state index contributed by atoms with van der Waals surface area (Å²) in [5.41, 5.74) is 3.96. The van der Waals surface area contributed by atoms with E-state index in [0.717, 1.165) is 15.6 Å². The number of hydrogen-bond donors (Lipinski definition) is 1. The first-order chi connectivity index (χ1) is 14.8. The van der Waals surface area contributed by atoms with E-state index in [-0.39, 0.29) is 11.6 Å². The lowest BCUT2D eigenvalue weighted by molar-refractivity contribution is -0.384. The topological polar surface area (TPSA) is 85.1 Å². The highest BCUT2D eigenvalue weighted by molar-refractivity contribution is 9.10. The van der Waals surface area contributed by atoms with Gasteiger partial charge in [-0.25, -0.2) is 4.98 Å². The molecule has 6 nitrogen and oxygen atoms in total. The molecule has 0 radical (unpaired) electrons. The second-order valence-electron chi connectivity index (χ2n) is 6.94. The van der Waals surface area contributed by atoms with E-state index in [1.165, 1.54) is 24.3 Å². The van der Waals surface area contributed by atoms with Gasteiger partial charge in [0.25, 0.3) is 11.6 Å². The number of pyridine rings is 1. The maximum atomic E-state index is 13.2. The molecule has 31 heavy (non-hydrogen) atoms. The van der Waals surface area contributed by atoms with Gasteiger partial charge < -0.3 is 5.32 Å². The molecule has 1 heterocycles. The Bertz CT molecular complexity index is 1320. The first-order valence-corrected chi connectivity index (χ1v) is 10.4. The van der Waals surface area contributed by atoms with Crippen LogP contribution in [0.3, 0.4) is 0 Å². The van der Waals surface area contributed by atoms with E-state index in [1.54, 1.807) is 18.2 Å². The second-order valence-corrected chi connectivity index (χ2v) is 8.29. The molecule has 4 aromatic rings. The third kappa shape index (κ3) is 4.42. The van der Waals surface area contributed by atoms with Gasteiger partial charge in [-0.15, -0.1) is 0 Å². The minimum Gasteiger partial charge on any atom is -0.322 e. The standard InChI is InChI=1S/C23H15BrClN3O3/c1-13-10-15(24)11-19-20(23(29)26-17-6-8-18(9-7-17)28(30)31)12-21(27-22(13)19)14-2-4-16(25)5-3-14/h2-12H,1H3,(H,26,29). The van der Waals surface area contributed by atoms with Crippen molar-refractivity contribution >= 4 is 55.7 Å². The molecule has 0 aliphatic heterocycles. The lowest BCUT2D eigenvalue weighted by Crippen LogP contribution is -2.13. The molecule has 0 aliphatic rings. The number of rotatable bonds is 4. The van der Waals surface area contributed by atoms with Crippen LogP contribution in [0.1, 0.15) is 15.9 Å². The van der Waals surface area contributed by atoms with Gasteiger partial charge in [-0.05, 0) is 55.0 Å². The van der Waals surface area contributed by atoms with E-state index in [4.69, 9.17) is 16.6 Å². The second kappa shape index (κ2) is 8.45. The molecule has 1 aromatic heterocycles. The molecule has 0 atom stereocenters. The predicted molar refractivity (Wildman–Crippen MR) is 126 cm³/mol. The van der Waals surface area contributed by atoms with Crippen molar-refractivity contribution < 1.29 is 9.72 Å². The summed E-state index contributed by atoms with van der Waals surface area (Å²) in [4.78, 5) is 28.3. The minimum absolute atomic E-state index is 0.0445. The first kappa shape index (κ1) is 21.0. The molecule has 8 heteroatoms. The monoisotopic (exact) mass is 495 g/mol. The number of aromatic nitrogens is 1. The smallest absolute Gasteiger partial charge is 0.269 e. The van der Waals surface area contributed by atoms with Crippen LogP contribution in [0.2, 0.25) is 5.02 Å². The zero-order valence-electron chi connectivity index (χ0n) is 16.2. The maximum absolute atomic E-state index is 13.2. The maximum Gasteiger partial charge on any atom is 0.269 e. The number of carbonyl (C=O) groups is 1. The Kier molecular flexibility index (Phi) is 5.71. The Morgan fingerprint density at radius 1 is 1.06 bits per heavy atom. The van der Waals surface area contributed by atoms with E-state index >= 15 is 0 Å². The number of aryl methyl sites for hydroxylation is 1. The number of nitro benzene ring substituents is 1. The molecular weight excluding hydrogens is 482 g/mol. The summed E-state index contributed by atoms with van der Waals surface area (Å²) in [6, 6.07) is 18.5. The van der Waals surface area contributed by atoms with Crippen LogP contribution in [-0.2, 0) is 0 Å². The third-order valence-electron chi connectivity index (χ3n) is 4.79. The van der Waals surface area contributed by atoms with Crippen molar-refractivity contribution in [1.82, 2.24) is 4.98 Å². The summed E-state index contributed by atoms with van der Waals surface area (Å²) in [7, 11) is 0. The van der Waals surface area contributed by atoms with Gasteiger partial charge in [-0.2, -0.15) is 0 Å². The van der Waals surface area contributed by atoms with Gasteiger partial charge in [0.1, 0.15) is 0 Å². The molecule has 0 spiro atoms. The molecule has 0 aliphatic carbocycles. The molecule has 0 bridgehead atoms. The molecule has 3 aromatic carbocycles. The number of fused-ring (bicyclic) bond motifs is 1. The third-order valence-corrected chi connectivity index (χ3v) is 5.50. The number of nitro groups is 1. The van der Waals surface area contributed by atoms with Crippen LogP contribution in [-0.4, -0.2) is 15.8 Å². The summed E-state index contributed by atoms with van der Waals surface area (Å²) in [6.45, 7) is 1.93. The van der Waals surface area contributed by atoms with E-state index in [9.17, 15) is 14.9 Å². The zero-order valence-corrected chi connectivity index (χ0v) is 18.6. The average Bonchev–Trinajstić information content (AvgIpc) is 2.74. The Balaban J connectivity index is 1.81. The average molecular weight is 497 g/mol. The number of halogens is 2. The van der Waals surface area contributed by atoms with Crippen molar-refractivity contribution in [2.75, 3.05) is 5.32 Å². The Morgan fingerprint density at radius 3 is 2.39 bits per heavy atom. The Labute approximate surface area is 191 Å². The van der Waals surface area contributed by atoms with E-state index in [0.29, 0.717) is 32.9 Å². The number of amides is 1. The summed E-state index contributed by atoms with van der Waals surface area (Å²) < 4.78 is 0.836. The van der Waals surface area contributed by atoms with Gasteiger partial charge >= 0.3 is 0 Å². The van der Waals surface area contributed by atoms with Crippen LogP contribution in [0.15, 0.2) is 71.2 Å². The molecule has 1 amide bonds. The van der Waals surface area contributed by atoms with Crippen molar-refractivity contribution in [3.05, 3.63) is 97.5 Å². The molecule has 0 fully saturated rings. The highest BCUT2D eigenvalue weighted by Gasteiger charge is 2.17. The van der Waals surface area contributed by atoms with Crippen LogP contribution in [0.25, 0.3) is 22.2 Å². The molecule has 0 saturated carbocycles. The fourth-order valence-corrected chi connectivity index (χ4v) is 3.98. The number of hydrogen-bond acceptors (Lipinski definition) is 4. The van der Waals surface area contributed by atoms with E-state index < -0.39 is 4.92 Å². The summed E-state index contributed by atoms with van der Waals surface area (Å²) in [6.07, 6.45) is 0. The quantitative estimate of drug-likeness (QED) is 0.249. The van der Waals surface area contributed by atoms with Gasteiger partial charge in [-0.1, -0.05) is 39.7 Å². The fourth-order valence-electron chi connectivity index (χ4n) is 3.28. The van der Waals surface area contributed by atoms with Crippen LogP contribution in [0, 0.1) is 17.0 Å². The lowest BCUT2D eigenvalue weighted by Gasteiger charge is -2.13. The van der Waals surface area contributed by atoms with Crippen LogP contribution >= 0.6 is 27.5 Å². The van der Waals surface area contributed by atoms with Crippen LogP contribution < -0.4 is 5.32 Å². The fraction of sp³-hybridized carbons (Fsp3) is 0.0435. The number of anilines is 1. The largest absolute Gasteiger partial charge is 0.322 e. The minimum atomic E-state index is -0.485. The Morgan fingerprint density at radius 2 is 1.74 bits per heavy atom. The van der Waals surface area contributed by atoms with Gasteiger partial charge in [0, 0.05) is 38.3 Å². The molecule has 4 rings (SSSR count). The number of nitrogens with one attached hydrogen (secondary N) is 1. The van der Waals surface area contributed by atoms with Crippen LogP contribution in [0.5, 0.6) is 0 Å². The number of non-ortho nitro benzene ring substituents is 1. The van der Waals surface area contributed by atoms with E-state index in [2.05, 4.69) is 21.2 Å². The van der Waals surface area contributed by atoms with E-state index in [1.807, 2.05) is 31.2 Å². The number of benzene rings is 3. The van der Waals surface area contributed by atoms with Crippen LogP contribution in [0.4, 0.5) is 11.4 Å². The predicted octanol–water partition coefficient (Wildman–Crippen LogP) is 6.79. The molecule has 0 unspecified atom stereocenters. The summed E-state index contributed by atoms with van der Waals surface area (Å²) in [5.74, 6) is -0.339. The van der Waals surface area contributed by atoms with Crippen molar-refractivity contribution in [2.45, 2.75) is 6.92 Å². The molecule has 1 N–H and O–H groups in total. The summed E-state index contributed by atoms with van der Waals surface area (Å²) in [5, 5.41) is 15.0. The van der Waals surface area contributed by atoms with Gasteiger partial charge in [0.15, 0.2) is 0 Å². The number of nitrogens with zero attached hydrogens (tertiary/aromatic N) is 2.